The van der Waals surface area contributed by atoms with Crippen LogP contribution in [0.4, 0.5) is 0 Å². The lowest BCUT2D eigenvalue weighted by molar-refractivity contribution is -0.131. The number of hydrogen-bond acceptors (Lipinski definition) is 3. The molecule has 0 aromatic heterocycles. The normalized spacial score (nSPS) is 10.8. The van der Waals surface area contributed by atoms with E-state index in [9.17, 15) is 4.79 Å². The van der Waals surface area contributed by atoms with Crippen molar-refractivity contribution in [1.29, 1.82) is 0 Å². The van der Waals surface area contributed by atoms with Gasteiger partial charge in [-0.15, -0.1) is 0 Å². The molecular formula is C20H22O4. The highest BCUT2D eigenvalue weighted by Crippen LogP contribution is 2.25. The van der Waals surface area contributed by atoms with Crippen LogP contribution in [0, 0.1) is 20.8 Å². The van der Waals surface area contributed by atoms with E-state index in [0.29, 0.717) is 19.0 Å². The molecule has 0 aliphatic carbocycles. The summed E-state index contributed by atoms with van der Waals surface area (Å²) in [6.45, 7) is 6.93. The van der Waals surface area contributed by atoms with Crippen LogP contribution in [0.5, 0.6) is 11.5 Å². The lowest BCUT2D eigenvalue weighted by Gasteiger charge is -2.15. The minimum atomic E-state index is -0.987. The van der Waals surface area contributed by atoms with Crippen molar-refractivity contribution in [1.82, 2.24) is 0 Å². The highest BCUT2D eigenvalue weighted by molar-refractivity contribution is 5.85. The van der Waals surface area contributed by atoms with Gasteiger partial charge in [-0.25, -0.2) is 4.79 Å². The summed E-state index contributed by atoms with van der Waals surface area (Å²) in [6.07, 6.45) is 2.62. The molecule has 0 atom stereocenters. The Bertz CT molecular complexity index is 747. The Morgan fingerprint density at radius 3 is 2.42 bits per heavy atom. The first-order valence-corrected chi connectivity index (χ1v) is 7.81. The smallest absolute Gasteiger partial charge is 0.328 e. The lowest BCUT2D eigenvalue weighted by atomic mass is 10.1. The maximum atomic E-state index is 10.6. The SMILES string of the molecule is Cc1ccc(C)c(OCCOc2ccccc2C=CC(=O)O)c1C. The maximum absolute atomic E-state index is 10.6. The summed E-state index contributed by atoms with van der Waals surface area (Å²) in [7, 11) is 0. The van der Waals surface area contributed by atoms with Crippen LogP contribution >= 0.6 is 0 Å². The quantitative estimate of drug-likeness (QED) is 0.613. The van der Waals surface area contributed by atoms with E-state index in [2.05, 4.69) is 13.0 Å². The zero-order valence-electron chi connectivity index (χ0n) is 14.2. The molecule has 2 rings (SSSR count). The van der Waals surface area contributed by atoms with E-state index in [-0.39, 0.29) is 0 Å². The van der Waals surface area contributed by atoms with Crippen LogP contribution < -0.4 is 9.47 Å². The Labute approximate surface area is 142 Å². The summed E-state index contributed by atoms with van der Waals surface area (Å²) >= 11 is 0. The standard InChI is InChI=1S/C20H22O4/c1-14-8-9-15(2)20(16(14)3)24-13-12-23-18-7-5-4-6-17(18)10-11-19(21)22/h4-11H,12-13H2,1-3H3,(H,21,22). The average Bonchev–Trinajstić information content (AvgIpc) is 2.56. The van der Waals surface area contributed by atoms with Gasteiger partial charge < -0.3 is 14.6 Å². The van der Waals surface area contributed by atoms with Gasteiger partial charge >= 0.3 is 5.97 Å². The maximum Gasteiger partial charge on any atom is 0.328 e. The van der Waals surface area contributed by atoms with Gasteiger partial charge in [0, 0.05) is 11.6 Å². The Morgan fingerprint density at radius 1 is 1.00 bits per heavy atom. The fourth-order valence-electron chi connectivity index (χ4n) is 2.35. The van der Waals surface area contributed by atoms with Gasteiger partial charge in [-0.3, -0.25) is 0 Å². The third-order valence-electron chi connectivity index (χ3n) is 3.79. The minimum absolute atomic E-state index is 0.380. The van der Waals surface area contributed by atoms with E-state index in [0.717, 1.165) is 28.5 Å². The highest BCUT2D eigenvalue weighted by Gasteiger charge is 2.07. The van der Waals surface area contributed by atoms with Gasteiger partial charge in [-0.2, -0.15) is 0 Å². The molecule has 0 aliphatic rings. The zero-order valence-corrected chi connectivity index (χ0v) is 14.2. The molecule has 0 aliphatic heterocycles. The van der Waals surface area contributed by atoms with Crippen LogP contribution in [0.15, 0.2) is 42.5 Å². The molecule has 4 nitrogen and oxygen atoms in total. The number of carboxylic acid groups (broad SMARTS) is 1. The summed E-state index contributed by atoms with van der Waals surface area (Å²) in [6, 6.07) is 11.4. The van der Waals surface area contributed by atoms with Crippen molar-refractivity contribution in [2.75, 3.05) is 13.2 Å². The molecule has 0 saturated heterocycles. The fraction of sp³-hybridized carbons (Fsp3) is 0.250. The Hall–Kier alpha value is -2.75. The number of benzene rings is 2. The number of hydrogen-bond donors (Lipinski definition) is 1. The highest BCUT2D eigenvalue weighted by atomic mass is 16.5. The molecular weight excluding hydrogens is 304 g/mol. The zero-order chi connectivity index (χ0) is 17.5. The molecule has 4 heteroatoms. The number of aliphatic carboxylic acids is 1. The van der Waals surface area contributed by atoms with Gasteiger partial charge in [0.15, 0.2) is 0 Å². The van der Waals surface area contributed by atoms with Gasteiger partial charge in [0.1, 0.15) is 24.7 Å². The number of para-hydroxylation sites is 1. The van der Waals surface area contributed by atoms with Crippen molar-refractivity contribution < 1.29 is 19.4 Å². The second-order valence-electron chi connectivity index (χ2n) is 5.56. The average molecular weight is 326 g/mol. The third kappa shape index (κ3) is 4.62. The first-order chi connectivity index (χ1) is 11.5. The molecule has 0 heterocycles. The van der Waals surface area contributed by atoms with Crippen LogP contribution in [0.3, 0.4) is 0 Å². The van der Waals surface area contributed by atoms with Gasteiger partial charge in [0.05, 0.1) is 0 Å². The van der Waals surface area contributed by atoms with Crippen LogP contribution in [0.2, 0.25) is 0 Å². The Kier molecular flexibility index (Phi) is 6.01. The van der Waals surface area contributed by atoms with E-state index >= 15 is 0 Å². The third-order valence-corrected chi connectivity index (χ3v) is 3.79. The number of rotatable bonds is 7. The second-order valence-corrected chi connectivity index (χ2v) is 5.56. The van der Waals surface area contributed by atoms with Gasteiger partial charge in [0.2, 0.25) is 0 Å². The minimum Gasteiger partial charge on any atom is -0.489 e. The topological polar surface area (TPSA) is 55.8 Å². The molecule has 1 N–H and O–H groups in total. The van der Waals surface area contributed by atoms with Crippen molar-refractivity contribution in [2.45, 2.75) is 20.8 Å². The van der Waals surface area contributed by atoms with Crippen LogP contribution in [-0.2, 0) is 4.79 Å². The molecule has 0 bridgehead atoms. The molecule has 0 amide bonds. The second kappa shape index (κ2) is 8.20. The Morgan fingerprint density at radius 2 is 1.67 bits per heavy atom. The van der Waals surface area contributed by atoms with Crippen LogP contribution in [0.25, 0.3) is 6.08 Å². The summed E-state index contributed by atoms with van der Waals surface area (Å²) in [5.74, 6) is 0.549. The Balaban J connectivity index is 1.96. The van der Waals surface area contributed by atoms with E-state index in [1.165, 1.54) is 11.6 Å². The lowest BCUT2D eigenvalue weighted by Crippen LogP contribution is -2.11. The predicted octanol–water partition coefficient (Wildman–Crippen LogP) is 4.17. The van der Waals surface area contributed by atoms with Crippen molar-refractivity contribution in [3.8, 4) is 11.5 Å². The van der Waals surface area contributed by atoms with Crippen molar-refractivity contribution >= 4 is 12.0 Å². The molecule has 24 heavy (non-hydrogen) atoms. The molecule has 0 fully saturated rings. The summed E-state index contributed by atoms with van der Waals surface area (Å²) in [4.78, 5) is 10.6. The van der Waals surface area contributed by atoms with E-state index in [1.807, 2.05) is 44.2 Å². The van der Waals surface area contributed by atoms with E-state index in [4.69, 9.17) is 14.6 Å². The molecule has 0 unspecified atom stereocenters. The number of carboxylic acids is 1. The summed E-state index contributed by atoms with van der Waals surface area (Å²) in [5, 5.41) is 8.73. The van der Waals surface area contributed by atoms with Gasteiger partial charge in [0.25, 0.3) is 0 Å². The molecule has 2 aromatic rings. The molecule has 0 radical (unpaired) electrons. The fourth-order valence-corrected chi connectivity index (χ4v) is 2.35. The molecule has 126 valence electrons. The van der Waals surface area contributed by atoms with E-state index < -0.39 is 5.97 Å². The van der Waals surface area contributed by atoms with Crippen molar-refractivity contribution in [2.24, 2.45) is 0 Å². The van der Waals surface area contributed by atoms with Gasteiger partial charge in [-0.1, -0.05) is 30.3 Å². The molecule has 0 saturated carbocycles. The molecule has 0 spiro atoms. The largest absolute Gasteiger partial charge is 0.489 e. The van der Waals surface area contributed by atoms with Crippen molar-refractivity contribution in [3.05, 3.63) is 64.7 Å². The first-order valence-electron chi connectivity index (χ1n) is 7.81. The number of carbonyl (C=O) groups is 1. The number of aryl methyl sites for hydroxylation is 2. The van der Waals surface area contributed by atoms with Crippen LogP contribution in [-0.4, -0.2) is 24.3 Å². The predicted molar refractivity (Wildman–Crippen MR) is 94.8 cm³/mol. The number of ether oxygens (including phenoxy) is 2. The molecule has 2 aromatic carbocycles. The van der Waals surface area contributed by atoms with E-state index in [1.54, 1.807) is 0 Å². The first kappa shape index (κ1) is 17.6. The summed E-state index contributed by atoms with van der Waals surface area (Å²) in [5.41, 5.74) is 4.16. The summed E-state index contributed by atoms with van der Waals surface area (Å²) < 4.78 is 11.6. The monoisotopic (exact) mass is 326 g/mol. The van der Waals surface area contributed by atoms with Crippen molar-refractivity contribution in [3.63, 3.8) is 0 Å². The van der Waals surface area contributed by atoms with Gasteiger partial charge in [-0.05, 0) is 49.6 Å². The van der Waals surface area contributed by atoms with Crippen LogP contribution in [0.1, 0.15) is 22.3 Å².